The summed E-state index contributed by atoms with van der Waals surface area (Å²) < 4.78 is 17.5. The van der Waals surface area contributed by atoms with Crippen LogP contribution in [0, 0.1) is 25.2 Å². The summed E-state index contributed by atoms with van der Waals surface area (Å²) in [7, 11) is 1.62. The van der Waals surface area contributed by atoms with Gasteiger partial charge in [0.25, 0.3) is 5.91 Å². The van der Waals surface area contributed by atoms with Gasteiger partial charge in [-0.05, 0) is 72.2 Å². The van der Waals surface area contributed by atoms with E-state index in [4.69, 9.17) is 13.9 Å². The van der Waals surface area contributed by atoms with Crippen molar-refractivity contribution in [1.29, 1.82) is 5.26 Å². The van der Waals surface area contributed by atoms with Gasteiger partial charge in [0, 0.05) is 11.8 Å². The maximum atomic E-state index is 12.6. The second-order valence-corrected chi connectivity index (χ2v) is 8.17. The predicted octanol–water partition coefficient (Wildman–Crippen LogP) is 4.97. The molecule has 2 aromatic carbocycles. The Balaban J connectivity index is 1.39. The number of furan rings is 1. The molecule has 2 aromatic heterocycles. The number of carbonyl (C=O) groups is 2. The Bertz CT molecular complexity index is 1490. The van der Waals surface area contributed by atoms with Gasteiger partial charge in [-0.1, -0.05) is 18.2 Å². The number of nitriles is 1. The number of hydrogen-bond donors (Lipinski definition) is 1. The largest absolute Gasteiger partial charge is 0.497 e. The molecule has 0 aliphatic carbocycles. The van der Waals surface area contributed by atoms with Gasteiger partial charge in [-0.15, -0.1) is 0 Å². The van der Waals surface area contributed by atoms with Gasteiger partial charge in [0.1, 0.15) is 23.4 Å². The average Bonchev–Trinajstić information content (AvgIpc) is 3.48. The number of ether oxygens (including phenoxy) is 2. The summed E-state index contributed by atoms with van der Waals surface area (Å²) in [6, 6.07) is 17.2. The fourth-order valence-corrected chi connectivity index (χ4v) is 3.88. The minimum absolute atomic E-state index is 0.341. The Hall–Kier alpha value is -4.77. The van der Waals surface area contributed by atoms with Crippen molar-refractivity contribution in [2.24, 2.45) is 0 Å². The third-order valence-electron chi connectivity index (χ3n) is 5.92. The van der Waals surface area contributed by atoms with E-state index in [-0.39, 0.29) is 0 Å². The number of nitrogens with one attached hydrogen (secondary N) is 1. The van der Waals surface area contributed by atoms with Gasteiger partial charge in [0.2, 0.25) is 0 Å². The fraction of sp³-hybridized carbons (Fsp3) is 0.179. The van der Waals surface area contributed by atoms with Crippen LogP contribution in [0.4, 0.5) is 5.82 Å². The van der Waals surface area contributed by atoms with Gasteiger partial charge in [-0.25, -0.2) is 4.79 Å². The summed E-state index contributed by atoms with van der Waals surface area (Å²) in [5.41, 5.74) is 2.75. The Morgan fingerprint density at radius 1 is 1.14 bits per heavy atom. The van der Waals surface area contributed by atoms with E-state index in [9.17, 15) is 14.9 Å². The van der Waals surface area contributed by atoms with Crippen molar-refractivity contribution in [2.45, 2.75) is 20.4 Å². The van der Waals surface area contributed by atoms with Crippen molar-refractivity contribution < 1.29 is 23.5 Å². The van der Waals surface area contributed by atoms with Gasteiger partial charge in [0.05, 0.1) is 25.5 Å². The Morgan fingerprint density at radius 3 is 2.64 bits per heavy atom. The lowest BCUT2D eigenvalue weighted by molar-refractivity contribution is -0.142. The fourth-order valence-electron chi connectivity index (χ4n) is 3.88. The molecule has 0 radical (unpaired) electrons. The number of benzene rings is 2. The van der Waals surface area contributed by atoms with Gasteiger partial charge in [-0.3, -0.25) is 4.79 Å². The monoisotopic (exact) mass is 483 g/mol. The lowest BCUT2D eigenvalue weighted by Gasteiger charge is -2.12. The van der Waals surface area contributed by atoms with E-state index in [2.05, 4.69) is 11.4 Å². The lowest BCUT2D eigenvalue weighted by atomic mass is 10.1. The van der Waals surface area contributed by atoms with E-state index in [1.54, 1.807) is 30.1 Å². The number of aromatic nitrogens is 1. The number of methoxy groups -OCH3 is 1. The first kappa shape index (κ1) is 24.4. The van der Waals surface area contributed by atoms with E-state index in [0.29, 0.717) is 23.7 Å². The number of nitrogens with zero attached hydrogens (tertiary/aromatic N) is 2. The van der Waals surface area contributed by atoms with Crippen LogP contribution in [0.25, 0.3) is 16.8 Å². The van der Waals surface area contributed by atoms with Gasteiger partial charge >= 0.3 is 5.97 Å². The number of hydrogen-bond acceptors (Lipinski definition) is 6. The topological polar surface area (TPSA) is 106 Å². The maximum absolute atomic E-state index is 12.6. The van der Waals surface area contributed by atoms with E-state index in [1.165, 1.54) is 6.08 Å². The van der Waals surface area contributed by atoms with Crippen LogP contribution < -0.4 is 10.1 Å². The quantitative estimate of drug-likeness (QED) is 0.280. The number of amides is 1. The number of carbonyl (C=O) groups excluding carboxylic acids is 2. The molecule has 0 atom stereocenters. The zero-order valence-electron chi connectivity index (χ0n) is 20.2. The molecule has 8 nitrogen and oxygen atoms in total. The average molecular weight is 484 g/mol. The molecule has 0 spiro atoms. The summed E-state index contributed by atoms with van der Waals surface area (Å²) in [6.07, 6.45) is 4.46. The third-order valence-corrected chi connectivity index (χ3v) is 5.92. The summed E-state index contributed by atoms with van der Waals surface area (Å²) in [5, 5.41) is 14.4. The zero-order chi connectivity index (χ0) is 25.7. The highest BCUT2D eigenvalue weighted by atomic mass is 16.5. The van der Waals surface area contributed by atoms with E-state index < -0.39 is 18.5 Å². The van der Waals surface area contributed by atoms with E-state index >= 15 is 0 Å². The molecule has 0 saturated carbocycles. The number of esters is 1. The number of rotatable bonds is 8. The second-order valence-electron chi connectivity index (χ2n) is 8.17. The normalized spacial score (nSPS) is 10.9. The van der Waals surface area contributed by atoms with Crippen LogP contribution in [0.5, 0.6) is 5.75 Å². The van der Waals surface area contributed by atoms with Crippen molar-refractivity contribution in [2.75, 3.05) is 19.0 Å². The van der Waals surface area contributed by atoms with E-state index in [0.717, 1.165) is 33.3 Å². The van der Waals surface area contributed by atoms with Crippen molar-refractivity contribution in [3.8, 4) is 11.8 Å². The molecule has 0 saturated heterocycles. The summed E-state index contributed by atoms with van der Waals surface area (Å²) in [4.78, 5) is 24.8. The molecule has 0 aliphatic rings. The molecule has 182 valence electrons. The molecule has 4 aromatic rings. The van der Waals surface area contributed by atoms with Crippen LogP contribution in [0.2, 0.25) is 0 Å². The Kier molecular flexibility index (Phi) is 7.21. The predicted molar refractivity (Wildman–Crippen MR) is 136 cm³/mol. The molecule has 0 fully saturated rings. The summed E-state index contributed by atoms with van der Waals surface area (Å²) in [6.45, 7) is 3.53. The van der Waals surface area contributed by atoms with Crippen LogP contribution in [-0.2, 0) is 20.9 Å². The molecule has 2 heterocycles. The molecular weight excluding hydrogens is 458 g/mol. The highest BCUT2D eigenvalue weighted by molar-refractivity contribution is 5.95. The lowest BCUT2D eigenvalue weighted by Crippen LogP contribution is -2.22. The van der Waals surface area contributed by atoms with Crippen molar-refractivity contribution >= 4 is 34.5 Å². The van der Waals surface area contributed by atoms with Crippen molar-refractivity contribution in [3.63, 3.8) is 0 Å². The maximum Gasteiger partial charge on any atom is 0.331 e. The molecule has 0 aliphatic heterocycles. The van der Waals surface area contributed by atoms with Gasteiger partial charge < -0.3 is 23.8 Å². The van der Waals surface area contributed by atoms with Crippen LogP contribution >= 0.6 is 0 Å². The minimum atomic E-state index is -0.654. The van der Waals surface area contributed by atoms with Crippen molar-refractivity contribution in [3.05, 3.63) is 89.0 Å². The second kappa shape index (κ2) is 10.7. The van der Waals surface area contributed by atoms with Crippen LogP contribution in [0.1, 0.15) is 28.1 Å². The molecule has 0 unspecified atom stereocenters. The summed E-state index contributed by atoms with van der Waals surface area (Å²) in [5.74, 6) is 0.587. The smallest absolute Gasteiger partial charge is 0.331 e. The first-order chi connectivity index (χ1) is 17.4. The standard InChI is InChI=1S/C28H25N3O5/c1-18-19(2)31(16-24-5-4-12-35-24)28(25(18)15-29)30-26(32)17-36-27(33)11-7-20-6-8-22-14-23(34-3)10-9-21(22)13-20/h4-14H,16-17H2,1-3H3,(H,30,32)/b11-7+. The molecule has 4 rings (SSSR count). The first-order valence-corrected chi connectivity index (χ1v) is 11.2. The highest BCUT2D eigenvalue weighted by Gasteiger charge is 2.20. The Labute approximate surface area is 208 Å². The third kappa shape index (κ3) is 5.31. The molecular formula is C28H25N3O5. The van der Waals surface area contributed by atoms with Crippen LogP contribution in [0.15, 0.2) is 65.3 Å². The van der Waals surface area contributed by atoms with Gasteiger partial charge in [-0.2, -0.15) is 5.26 Å². The molecule has 0 bridgehead atoms. The number of anilines is 1. The van der Waals surface area contributed by atoms with Crippen LogP contribution in [-0.4, -0.2) is 30.2 Å². The minimum Gasteiger partial charge on any atom is -0.497 e. The number of fused-ring (bicyclic) bond motifs is 1. The molecule has 8 heteroatoms. The van der Waals surface area contributed by atoms with Crippen molar-refractivity contribution in [1.82, 2.24) is 4.57 Å². The summed E-state index contributed by atoms with van der Waals surface area (Å²) >= 11 is 0. The SMILES string of the molecule is COc1ccc2cc(/C=C/C(=O)OCC(=O)Nc3c(C#N)c(C)c(C)n3Cc3ccco3)ccc2c1. The first-order valence-electron chi connectivity index (χ1n) is 11.2. The highest BCUT2D eigenvalue weighted by Crippen LogP contribution is 2.27. The molecule has 36 heavy (non-hydrogen) atoms. The van der Waals surface area contributed by atoms with Crippen LogP contribution in [0.3, 0.4) is 0 Å². The zero-order valence-corrected chi connectivity index (χ0v) is 20.2. The molecule has 1 amide bonds. The molecule has 1 N–H and O–H groups in total. The van der Waals surface area contributed by atoms with Gasteiger partial charge in [0.15, 0.2) is 6.61 Å². The van der Waals surface area contributed by atoms with E-state index in [1.807, 2.05) is 56.3 Å². The Morgan fingerprint density at radius 2 is 1.92 bits per heavy atom.